The molecule has 1 aliphatic heterocycles. The minimum atomic E-state index is -0.505. The van der Waals surface area contributed by atoms with Crippen molar-refractivity contribution in [2.75, 3.05) is 6.61 Å². The summed E-state index contributed by atoms with van der Waals surface area (Å²) in [5.74, 6) is -0.485. The molecule has 0 aromatic heterocycles. The summed E-state index contributed by atoms with van der Waals surface area (Å²) in [7, 11) is 0. The number of cyclic esters (lactones) is 1. The van der Waals surface area contributed by atoms with Gasteiger partial charge in [-0.15, -0.1) is 0 Å². The second-order valence-corrected chi connectivity index (χ2v) is 5.16. The van der Waals surface area contributed by atoms with Crippen LogP contribution in [0.2, 0.25) is 5.02 Å². The van der Waals surface area contributed by atoms with Crippen molar-refractivity contribution in [3.05, 3.63) is 34.6 Å². The first-order chi connectivity index (χ1) is 7.92. The molecule has 1 atom stereocenters. The molecule has 1 saturated heterocycles. The fourth-order valence-electron chi connectivity index (χ4n) is 1.93. The summed E-state index contributed by atoms with van der Waals surface area (Å²) in [5.41, 5.74) is 0.235. The predicted octanol–water partition coefficient (Wildman–Crippen LogP) is 3.29. The van der Waals surface area contributed by atoms with Gasteiger partial charge in [-0.3, -0.25) is 0 Å². The van der Waals surface area contributed by atoms with Crippen molar-refractivity contribution in [1.29, 1.82) is 0 Å². The molecule has 1 fully saturated rings. The second kappa shape index (κ2) is 4.18. The Labute approximate surface area is 104 Å². The van der Waals surface area contributed by atoms with Gasteiger partial charge in [0.15, 0.2) is 0 Å². The zero-order chi connectivity index (χ0) is 12.6. The van der Waals surface area contributed by atoms with Gasteiger partial charge in [0.2, 0.25) is 0 Å². The Morgan fingerprint density at radius 3 is 2.94 bits per heavy atom. The van der Waals surface area contributed by atoms with Crippen molar-refractivity contribution >= 4 is 17.7 Å². The monoisotopic (exact) mass is 257 g/mol. The average molecular weight is 258 g/mol. The van der Waals surface area contributed by atoms with Gasteiger partial charge in [0, 0.05) is 5.41 Å². The molecule has 2 rings (SSSR count). The molecular formula is C12H13ClFNO2. The van der Waals surface area contributed by atoms with Gasteiger partial charge >= 0.3 is 6.09 Å². The first-order valence-electron chi connectivity index (χ1n) is 5.29. The lowest BCUT2D eigenvalue weighted by Gasteiger charge is -2.38. The molecular weight excluding hydrogens is 245 g/mol. The van der Waals surface area contributed by atoms with E-state index >= 15 is 0 Å². The molecule has 0 aliphatic carbocycles. The molecule has 1 aromatic rings. The molecule has 1 amide bonds. The van der Waals surface area contributed by atoms with E-state index in [1.165, 1.54) is 6.07 Å². The van der Waals surface area contributed by atoms with E-state index in [4.69, 9.17) is 16.3 Å². The summed E-state index contributed by atoms with van der Waals surface area (Å²) < 4.78 is 18.3. The van der Waals surface area contributed by atoms with Crippen molar-refractivity contribution in [2.24, 2.45) is 5.41 Å². The molecule has 1 N–H and O–H groups in total. The van der Waals surface area contributed by atoms with E-state index < -0.39 is 11.9 Å². The number of carbonyl (C=O) groups is 1. The molecule has 0 unspecified atom stereocenters. The number of ether oxygens (including phenoxy) is 1. The summed E-state index contributed by atoms with van der Waals surface area (Å²) in [5, 5.41) is 2.73. The van der Waals surface area contributed by atoms with Crippen molar-refractivity contribution in [3.8, 4) is 0 Å². The molecule has 0 radical (unpaired) electrons. The number of alkyl carbamates (subject to hydrolysis) is 1. The maximum Gasteiger partial charge on any atom is 0.407 e. The van der Waals surface area contributed by atoms with E-state index in [1.54, 1.807) is 12.1 Å². The Bertz CT molecular complexity index is 462. The summed E-state index contributed by atoms with van der Waals surface area (Å²) in [6.07, 6.45) is -0.505. The Morgan fingerprint density at radius 1 is 1.53 bits per heavy atom. The van der Waals surface area contributed by atoms with Gasteiger partial charge in [0.1, 0.15) is 12.4 Å². The van der Waals surface area contributed by atoms with Gasteiger partial charge in [0.25, 0.3) is 0 Å². The highest BCUT2D eigenvalue weighted by atomic mass is 35.5. The van der Waals surface area contributed by atoms with Crippen molar-refractivity contribution in [1.82, 2.24) is 5.32 Å². The maximum absolute atomic E-state index is 13.4. The third-order valence-corrected chi connectivity index (χ3v) is 3.31. The van der Waals surface area contributed by atoms with Gasteiger partial charge in [-0.25, -0.2) is 9.18 Å². The lowest BCUT2D eigenvalue weighted by Crippen LogP contribution is -2.47. The van der Waals surface area contributed by atoms with Crippen LogP contribution in [0, 0.1) is 11.2 Å². The van der Waals surface area contributed by atoms with Gasteiger partial charge in [-0.1, -0.05) is 37.6 Å². The summed E-state index contributed by atoms with van der Waals surface area (Å²) in [6, 6.07) is 4.23. The number of benzene rings is 1. The van der Waals surface area contributed by atoms with E-state index in [2.05, 4.69) is 5.32 Å². The first-order valence-corrected chi connectivity index (χ1v) is 5.67. The quantitative estimate of drug-likeness (QED) is 0.838. The van der Waals surface area contributed by atoms with Gasteiger partial charge < -0.3 is 10.1 Å². The van der Waals surface area contributed by atoms with Crippen LogP contribution in [-0.2, 0) is 4.74 Å². The molecule has 1 heterocycles. The normalized spacial score (nSPS) is 22.8. The highest BCUT2D eigenvalue weighted by molar-refractivity contribution is 6.31. The van der Waals surface area contributed by atoms with Crippen LogP contribution in [0.1, 0.15) is 25.5 Å². The van der Waals surface area contributed by atoms with Crippen LogP contribution in [0.3, 0.4) is 0 Å². The molecule has 1 aromatic carbocycles. The fraction of sp³-hybridized carbons (Fsp3) is 0.417. The zero-order valence-corrected chi connectivity index (χ0v) is 10.3. The van der Waals surface area contributed by atoms with E-state index in [1.807, 2.05) is 13.8 Å². The maximum atomic E-state index is 13.4. The molecule has 0 spiro atoms. The summed E-state index contributed by atoms with van der Waals surface area (Å²) >= 11 is 5.93. The number of amides is 1. The topological polar surface area (TPSA) is 38.3 Å². The Balaban J connectivity index is 2.43. The minimum absolute atomic E-state index is 0.0489. The third kappa shape index (κ3) is 2.22. The molecule has 3 nitrogen and oxygen atoms in total. The van der Waals surface area contributed by atoms with Crippen LogP contribution >= 0.6 is 11.6 Å². The van der Waals surface area contributed by atoms with Crippen LogP contribution in [0.15, 0.2) is 18.2 Å². The molecule has 5 heteroatoms. The predicted molar refractivity (Wildman–Crippen MR) is 62.4 cm³/mol. The largest absolute Gasteiger partial charge is 0.449 e. The highest BCUT2D eigenvalue weighted by Crippen LogP contribution is 2.39. The fourth-order valence-corrected chi connectivity index (χ4v) is 2.17. The number of halogens is 2. The Morgan fingerprint density at radius 2 is 2.24 bits per heavy atom. The standard InChI is InChI=1S/C12H13ClFNO2/c1-12(2)6-17-11(16)15-10(12)7-4-3-5-8(14)9(7)13/h3-5,10H,6H2,1-2H3,(H,15,16)/t10-/m0/s1. The van der Waals surface area contributed by atoms with Crippen molar-refractivity contribution < 1.29 is 13.9 Å². The van der Waals surface area contributed by atoms with Crippen LogP contribution < -0.4 is 5.32 Å². The molecule has 0 bridgehead atoms. The Hall–Kier alpha value is -1.29. The first kappa shape index (κ1) is 12.2. The van der Waals surface area contributed by atoms with E-state index in [0.29, 0.717) is 5.56 Å². The number of carbonyl (C=O) groups excluding carboxylic acids is 1. The van der Waals surface area contributed by atoms with E-state index in [0.717, 1.165) is 0 Å². The minimum Gasteiger partial charge on any atom is -0.449 e. The average Bonchev–Trinajstić information content (AvgIpc) is 2.26. The second-order valence-electron chi connectivity index (χ2n) is 4.79. The number of nitrogens with one attached hydrogen (secondary N) is 1. The zero-order valence-electron chi connectivity index (χ0n) is 9.59. The van der Waals surface area contributed by atoms with Crippen LogP contribution in [0.25, 0.3) is 0 Å². The van der Waals surface area contributed by atoms with Gasteiger partial charge in [0.05, 0.1) is 11.1 Å². The third-order valence-electron chi connectivity index (χ3n) is 2.91. The molecule has 0 saturated carbocycles. The van der Waals surface area contributed by atoms with Gasteiger partial charge in [-0.2, -0.15) is 0 Å². The van der Waals surface area contributed by atoms with Gasteiger partial charge in [-0.05, 0) is 11.6 Å². The lowest BCUT2D eigenvalue weighted by molar-refractivity contribution is 0.0387. The molecule has 1 aliphatic rings. The van der Waals surface area contributed by atoms with Crippen LogP contribution in [0.4, 0.5) is 9.18 Å². The smallest absolute Gasteiger partial charge is 0.407 e. The Kier molecular flexibility index (Phi) is 3.00. The summed E-state index contributed by atoms with van der Waals surface area (Å²) in [4.78, 5) is 11.3. The van der Waals surface area contributed by atoms with Crippen molar-refractivity contribution in [2.45, 2.75) is 19.9 Å². The van der Waals surface area contributed by atoms with Crippen LogP contribution in [0.5, 0.6) is 0 Å². The molecule has 17 heavy (non-hydrogen) atoms. The van der Waals surface area contributed by atoms with Crippen molar-refractivity contribution in [3.63, 3.8) is 0 Å². The SMILES string of the molecule is CC1(C)COC(=O)N[C@H]1c1cccc(F)c1Cl. The number of rotatable bonds is 1. The van der Waals surface area contributed by atoms with E-state index in [9.17, 15) is 9.18 Å². The lowest BCUT2D eigenvalue weighted by atomic mass is 9.80. The van der Waals surface area contributed by atoms with Crippen LogP contribution in [-0.4, -0.2) is 12.7 Å². The number of hydrogen-bond donors (Lipinski definition) is 1. The van der Waals surface area contributed by atoms with E-state index in [-0.39, 0.29) is 23.1 Å². The highest BCUT2D eigenvalue weighted by Gasteiger charge is 2.39. The molecule has 92 valence electrons. The number of hydrogen-bond acceptors (Lipinski definition) is 2. The summed E-state index contributed by atoms with van der Waals surface area (Å²) in [6.45, 7) is 4.13.